The lowest BCUT2D eigenvalue weighted by atomic mass is 9.33. The summed E-state index contributed by atoms with van der Waals surface area (Å²) in [6.07, 6.45) is 0. The summed E-state index contributed by atoms with van der Waals surface area (Å²) in [5.41, 5.74) is 53.7. The van der Waals surface area contributed by atoms with Crippen LogP contribution in [0.1, 0.15) is 229 Å². The quantitative estimate of drug-likeness (QED) is 0.141. The number of rotatable bonds is 8. The molecule has 5 heteroatoms. The van der Waals surface area contributed by atoms with Gasteiger partial charge in [0.1, 0.15) is 0 Å². The van der Waals surface area contributed by atoms with Crippen LogP contribution in [0.3, 0.4) is 0 Å². The van der Waals surface area contributed by atoms with Crippen molar-refractivity contribution in [3.63, 3.8) is 0 Å². The second-order valence-electron chi connectivity index (χ2n) is 50.7. The average Bonchev–Trinajstić information content (AvgIpc) is 1.50. The third kappa shape index (κ3) is 13.4. The summed E-state index contributed by atoms with van der Waals surface area (Å²) in [6.45, 7) is 49.6. The van der Waals surface area contributed by atoms with Crippen LogP contribution in [0, 0.1) is 0 Å². The molecule has 4 nitrogen and oxygen atoms in total. The lowest BCUT2D eigenvalue weighted by Gasteiger charge is -2.47. The third-order valence-corrected chi connectivity index (χ3v) is 34.6. The van der Waals surface area contributed by atoms with Gasteiger partial charge in [-0.2, -0.15) is 0 Å². The summed E-state index contributed by atoms with van der Waals surface area (Å²) in [6, 6.07) is 155. The van der Waals surface area contributed by atoms with Gasteiger partial charge in [0.2, 0.25) is 0 Å². The Bertz CT molecular complexity index is 8460. The van der Waals surface area contributed by atoms with Crippen LogP contribution in [0.15, 0.2) is 388 Å². The Balaban J connectivity index is 0.810. The van der Waals surface area contributed by atoms with Crippen LogP contribution in [0.4, 0.5) is 34.1 Å². The molecule has 4 aliphatic carbocycles. The van der Waals surface area contributed by atoms with Crippen LogP contribution in [-0.4, -0.2) is 15.8 Å². The summed E-state index contributed by atoms with van der Waals surface area (Å²) in [5.74, 6) is 0. The normalized spacial score (nSPS) is 14.4. The number of benzene rings is 19. The summed E-state index contributed by atoms with van der Waals surface area (Å²) >= 11 is 0. The minimum atomic E-state index is -0.618. The van der Waals surface area contributed by atoms with Gasteiger partial charge in [-0.25, -0.2) is 0 Å². The van der Waals surface area contributed by atoms with Gasteiger partial charge >= 0.3 is 0 Å². The highest BCUT2D eigenvalue weighted by molar-refractivity contribution is 7.00. The average molecular weight is 1920 g/mol. The molecule has 27 rings (SSSR count). The number of para-hydroxylation sites is 2. The van der Waals surface area contributed by atoms with Crippen LogP contribution >= 0.6 is 0 Å². The molecule has 0 N–H and O–H groups in total. The SMILES string of the molecule is CC(C)(C)c1ccc(-c2cc(C(C)(C)C)cc(-c3ccc(C(C)(C)C)cc3)c2N2c3cc(-n4c5ccccc5c5c6c(ccc54)-c4ccccc4C64c5ccccc5-c5ccccc54)ccc3B3c4ccc(-n5c6ccccc6c6c7c(ccc65)-c5ccccc5C75c6ccccc6-c6ccccc65)cc4N(c4c(-c5ccc(C(C)(C)C)cc5)cc(C(C)(C)C)cc4-c4ccc(C(C)(C)C)cc4)c4cc(C(C)(C)C)cc2c43)cc1. The molecule has 0 bridgehead atoms. The summed E-state index contributed by atoms with van der Waals surface area (Å²) in [7, 11) is 0. The van der Waals surface area contributed by atoms with E-state index in [2.05, 4.69) is 553 Å². The molecule has 149 heavy (non-hydrogen) atoms. The van der Waals surface area contributed by atoms with E-state index in [1.165, 1.54) is 166 Å². The largest absolute Gasteiger partial charge is 0.310 e. The molecule has 2 spiro atoms. The van der Waals surface area contributed by atoms with E-state index in [4.69, 9.17) is 0 Å². The van der Waals surface area contributed by atoms with E-state index in [0.29, 0.717) is 0 Å². The number of hydrogen-bond acceptors (Lipinski definition) is 2. The molecule has 19 aromatic carbocycles. The monoisotopic (exact) mass is 1920 g/mol. The van der Waals surface area contributed by atoms with Crippen molar-refractivity contribution < 1.29 is 0 Å². The molecule has 0 unspecified atom stereocenters. The van der Waals surface area contributed by atoms with Gasteiger partial charge in [0, 0.05) is 77.9 Å². The minimum absolute atomic E-state index is 0.112. The van der Waals surface area contributed by atoms with Crippen molar-refractivity contribution >= 4 is 101 Å². The molecule has 726 valence electrons. The number of aromatic nitrogens is 2. The van der Waals surface area contributed by atoms with Gasteiger partial charge in [-0.05, 0) is 289 Å². The lowest BCUT2D eigenvalue weighted by molar-refractivity contribution is 0.589. The Morgan fingerprint density at radius 3 is 0.718 bits per heavy atom. The molecule has 0 saturated heterocycles. The van der Waals surface area contributed by atoms with Crippen LogP contribution in [-0.2, 0) is 48.7 Å². The highest BCUT2D eigenvalue weighted by Crippen LogP contribution is 2.69. The predicted molar refractivity (Wildman–Crippen MR) is 634 cm³/mol. The van der Waals surface area contributed by atoms with Crippen LogP contribution < -0.4 is 26.2 Å². The summed E-state index contributed by atoms with van der Waals surface area (Å²) in [4.78, 5) is 5.67. The highest BCUT2D eigenvalue weighted by Gasteiger charge is 2.56. The molecule has 0 amide bonds. The second kappa shape index (κ2) is 32.0. The fourth-order valence-corrected chi connectivity index (χ4v) is 27.1. The van der Waals surface area contributed by atoms with Crippen LogP contribution in [0.25, 0.3) is 144 Å². The Hall–Kier alpha value is -15.6. The van der Waals surface area contributed by atoms with Crippen LogP contribution in [0.5, 0.6) is 0 Å². The Kier molecular flexibility index (Phi) is 19.8. The molecular weight excluding hydrogens is 1800 g/mol. The molecule has 0 fully saturated rings. The lowest BCUT2D eigenvalue weighted by Crippen LogP contribution is -2.61. The van der Waals surface area contributed by atoms with Gasteiger partial charge in [-0.1, -0.05) is 449 Å². The van der Waals surface area contributed by atoms with Crippen LogP contribution in [0.2, 0.25) is 0 Å². The van der Waals surface area contributed by atoms with Gasteiger partial charge < -0.3 is 18.9 Å². The smallest absolute Gasteiger partial charge is 0.252 e. The van der Waals surface area contributed by atoms with E-state index in [1.807, 2.05) is 0 Å². The van der Waals surface area contributed by atoms with Gasteiger partial charge in [-0.3, -0.25) is 0 Å². The maximum absolute atomic E-state index is 2.83. The first-order chi connectivity index (χ1) is 71.4. The number of fused-ring (bicyclic) bond motifs is 32. The maximum atomic E-state index is 2.83. The zero-order chi connectivity index (χ0) is 103. The topological polar surface area (TPSA) is 16.3 Å². The van der Waals surface area contributed by atoms with E-state index in [0.717, 1.165) is 112 Å². The molecule has 0 saturated carbocycles. The van der Waals surface area contributed by atoms with E-state index >= 15 is 0 Å². The fourth-order valence-electron chi connectivity index (χ4n) is 27.1. The Morgan fingerprint density at radius 2 is 0.443 bits per heavy atom. The molecule has 6 aliphatic rings. The van der Waals surface area contributed by atoms with Gasteiger partial charge in [-0.15, -0.1) is 0 Å². The van der Waals surface area contributed by atoms with Crippen molar-refractivity contribution in [2.45, 2.75) is 194 Å². The van der Waals surface area contributed by atoms with E-state index in [1.54, 1.807) is 0 Å². The number of nitrogens with zero attached hydrogens (tertiary/aromatic N) is 4. The van der Waals surface area contributed by atoms with Crippen molar-refractivity contribution in [3.8, 4) is 100 Å². The predicted octanol–water partition coefficient (Wildman–Crippen LogP) is 36.4. The zero-order valence-corrected chi connectivity index (χ0v) is 89.8. The van der Waals surface area contributed by atoms with Crippen molar-refractivity contribution in [2.75, 3.05) is 9.80 Å². The summed E-state index contributed by atoms with van der Waals surface area (Å²) < 4.78 is 5.31. The van der Waals surface area contributed by atoms with Gasteiger partial charge in [0.25, 0.3) is 6.71 Å². The molecule has 21 aromatic rings. The summed E-state index contributed by atoms with van der Waals surface area (Å²) in [5, 5.41) is 4.99. The number of anilines is 6. The maximum Gasteiger partial charge on any atom is 0.252 e. The van der Waals surface area contributed by atoms with Crippen molar-refractivity contribution in [1.82, 2.24) is 9.13 Å². The second-order valence-corrected chi connectivity index (χ2v) is 50.7. The van der Waals surface area contributed by atoms with E-state index in [9.17, 15) is 0 Å². The first-order valence-corrected chi connectivity index (χ1v) is 54.0. The first-order valence-electron chi connectivity index (χ1n) is 54.0. The minimum Gasteiger partial charge on any atom is -0.310 e. The standard InChI is InChI=1S/C144H127BN4/c1-136(2,3)90-62-54-86(55-63-90)109-78-94(140(13,14)15)79-110(87-56-64-91(65-57-87)137(4,5)6)134(109)148-125-84-97(146-121-52-36-28-44-107(121)129-123(146)76-72-105-103-42-26-34-50-117(103)143(131(105)129)113-46-30-22-38-99(113)100-39-23-31-47-114(100)143)70-74-119(125)145-120-75-71-98(147-122-53-37-29-45-108(122)130-124(147)77-73-106-104-43-27-35-51-118(104)144(132(106)130)115-48-32-24-40-101(115)102-41-25-33-49-116(102)144)85-126(120)149(128-83-96(142(19,20)21)82-127(148)133(128)145)135-111(88-58-66-92(67-59-88)138(7,8)9)80-95(141(16,17)18)81-112(135)89-60-68-93(69-61-89)139(10,11)12/h22-85H,1-21H3. The number of hydrogen-bond donors (Lipinski definition) is 0. The zero-order valence-electron chi connectivity index (χ0n) is 89.8. The van der Waals surface area contributed by atoms with Gasteiger partial charge in [0.05, 0.1) is 44.3 Å². The molecule has 0 radical (unpaired) electrons. The van der Waals surface area contributed by atoms with Crippen molar-refractivity contribution in [3.05, 3.63) is 472 Å². The first kappa shape index (κ1) is 92.1. The Morgan fingerprint density at radius 1 is 0.195 bits per heavy atom. The third-order valence-electron chi connectivity index (χ3n) is 34.6. The molecular formula is C144H127BN4. The molecule has 4 heterocycles. The van der Waals surface area contributed by atoms with Gasteiger partial charge in [0.15, 0.2) is 0 Å². The fraction of sp³-hybridized carbons (Fsp3) is 0.208. The highest BCUT2D eigenvalue weighted by atomic mass is 15.2. The molecule has 0 atom stereocenters. The van der Waals surface area contributed by atoms with E-state index in [-0.39, 0.29) is 39.2 Å². The Labute approximate surface area is 879 Å². The molecule has 2 aromatic heterocycles. The van der Waals surface area contributed by atoms with E-state index < -0.39 is 16.2 Å². The van der Waals surface area contributed by atoms with Crippen molar-refractivity contribution in [2.24, 2.45) is 0 Å². The molecule has 2 aliphatic heterocycles. The van der Waals surface area contributed by atoms with Crippen molar-refractivity contribution in [1.29, 1.82) is 0 Å².